The fourth-order valence-corrected chi connectivity index (χ4v) is 9.32. The quantitative estimate of drug-likeness (QED) is 0.327. The van der Waals surface area contributed by atoms with E-state index in [4.69, 9.17) is 4.74 Å². The second-order valence-electron chi connectivity index (χ2n) is 13.2. The summed E-state index contributed by atoms with van der Waals surface area (Å²) in [5.74, 6) is 2.45. The third kappa shape index (κ3) is 2.99. The maximum absolute atomic E-state index is 12.8. The number of carbonyl (C=O) groups is 2. The third-order valence-electron chi connectivity index (χ3n) is 11.5. The highest BCUT2D eigenvalue weighted by Crippen LogP contribution is 2.72. The van der Waals surface area contributed by atoms with E-state index in [2.05, 4.69) is 47.6 Å². The summed E-state index contributed by atoms with van der Waals surface area (Å²) in [6, 6.07) is 0. The van der Waals surface area contributed by atoms with Gasteiger partial charge in [0.2, 0.25) is 0 Å². The zero-order valence-corrected chi connectivity index (χ0v) is 21.8. The smallest absolute Gasteiger partial charge is 0.339 e. The van der Waals surface area contributed by atoms with Crippen molar-refractivity contribution in [1.29, 1.82) is 0 Å². The molecule has 0 aromatic heterocycles. The van der Waals surface area contributed by atoms with Gasteiger partial charge in [0, 0.05) is 17.4 Å². The Morgan fingerprint density at radius 2 is 1.70 bits per heavy atom. The van der Waals surface area contributed by atoms with E-state index in [-0.39, 0.29) is 27.6 Å². The van der Waals surface area contributed by atoms with Crippen molar-refractivity contribution >= 4 is 11.8 Å². The Morgan fingerprint density at radius 1 is 0.970 bits per heavy atom. The Morgan fingerprint density at radius 3 is 2.36 bits per heavy atom. The third-order valence-corrected chi connectivity index (χ3v) is 11.5. The molecule has 0 amide bonds. The zero-order chi connectivity index (χ0) is 24.0. The summed E-state index contributed by atoms with van der Waals surface area (Å²) in [5, 5.41) is 0. The van der Waals surface area contributed by atoms with Crippen molar-refractivity contribution < 1.29 is 14.3 Å². The molecular formula is C30H42O3. The molecule has 180 valence electrons. The monoisotopic (exact) mass is 450 g/mol. The van der Waals surface area contributed by atoms with Gasteiger partial charge in [0.25, 0.3) is 0 Å². The van der Waals surface area contributed by atoms with Crippen LogP contribution < -0.4 is 0 Å². The minimum absolute atomic E-state index is 0.182. The van der Waals surface area contributed by atoms with E-state index < -0.39 is 0 Å². The number of fused-ring (bicyclic) bond motifs is 4. The Labute approximate surface area is 200 Å². The molecule has 33 heavy (non-hydrogen) atoms. The van der Waals surface area contributed by atoms with E-state index in [1.54, 1.807) is 11.1 Å². The first-order valence-electron chi connectivity index (χ1n) is 13.2. The van der Waals surface area contributed by atoms with Crippen molar-refractivity contribution in [1.82, 2.24) is 0 Å². The molecule has 3 nitrogen and oxygen atoms in total. The van der Waals surface area contributed by atoms with Crippen LogP contribution >= 0.6 is 0 Å². The van der Waals surface area contributed by atoms with Gasteiger partial charge in [-0.25, -0.2) is 4.79 Å². The van der Waals surface area contributed by atoms with Gasteiger partial charge in [-0.15, -0.1) is 0 Å². The van der Waals surface area contributed by atoms with E-state index in [9.17, 15) is 9.59 Å². The van der Waals surface area contributed by atoms with Gasteiger partial charge in [-0.1, -0.05) is 52.7 Å². The van der Waals surface area contributed by atoms with Crippen LogP contribution in [0.2, 0.25) is 0 Å². The maximum atomic E-state index is 12.8. The number of Topliss-reactive ketones (excluding diaryl/α,β-unsaturated/α-hetero) is 1. The van der Waals surface area contributed by atoms with Gasteiger partial charge in [-0.2, -0.15) is 0 Å². The van der Waals surface area contributed by atoms with Gasteiger partial charge in [-0.3, -0.25) is 4.79 Å². The highest BCUT2D eigenvalue weighted by molar-refractivity contribution is 5.92. The molecule has 5 aliphatic rings. The van der Waals surface area contributed by atoms with Crippen LogP contribution in [0.25, 0.3) is 0 Å². The molecule has 0 unspecified atom stereocenters. The number of cyclic esters (lactones) is 1. The summed E-state index contributed by atoms with van der Waals surface area (Å²) >= 11 is 0. The predicted molar refractivity (Wildman–Crippen MR) is 131 cm³/mol. The Bertz CT molecular complexity index is 1010. The number of hydrogen-bond acceptors (Lipinski definition) is 3. The number of hydrogen-bond donors (Lipinski definition) is 0. The SMILES string of the molecule is CC1=C/C(=C/[C@@H](C)[C@H]2CC[C@@]3(C)C4=C(CC[C@]23C)[C@@]2(C)CCC(=O)C(C)(C)[C@H]2CC4)OC1=O. The molecule has 2 saturated carbocycles. The van der Waals surface area contributed by atoms with Crippen molar-refractivity contribution in [3.63, 3.8) is 0 Å². The molecule has 1 aliphatic heterocycles. The van der Waals surface area contributed by atoms with Gasteiger partial charge < -0.3 is 4.74 Å². The Balaban J connectivity index is 1.49. The molecule has 5 rings (SSSR count). The number of ether oxygens (including phenoxy) is 1. The molecule has 3 heteroatoms. The van der Waals surface area contributed by atoms with Crippen LogP contribution in [0.3, 0.4) is 0 Å². The van der Waals surface area contributed by atoms with Crippen LogP contribution in [0, 0.1) is 39.4 Å². The lowest BCUT2D eigenvalue weighted by Gasteiger charge is -2.60. The standard InChI is InChI=1S/C30H42O3/c1-18(16-20-17-19(2)26(32)33-20)21-10-14-30(7)23-8-9-24-27(3,4)25(31)12-13-28(24,5)22(23)11-15-29(21,30)6/h16-18,21,24H,8-15H2,1-7H3/b20-16-/t18-,21-,24-,28-,29-,30+/m1/s1. The van der Waals surface area contributed by atoms with Crippen LogP contribution in [0.15, 0.2) is 34.6 Å². The Hall–Kier alpha value is -1.64. The summed E-state index contributed by atoms with van der Waals surface area (Å²) in [7, 11) is 0. The van der Waals surface area contributed by atoms with E-state index >= 15 is 0 Å². The van der Waals surface area contributed by atoms with Crippen molar-refractivity contribution in [2.45, 2.75) is 99.8 Å². The molecule has 4 aliphatic carbocycles. The minimum Gasteiger partial charge on any atom is -0.423 e. The lowest BCUT2D eigenvalue weighted by atomic mass is 9.43. The summed E-state index contributed by atoms with van der Waals surface area (Å²) in [6.45, 7) is 16.2. The summed E-state index contributed by atoms with van der Waals surface area (Å²) in [5.41, 5.74) is 4.66. The second-order valence-corrected chi connectivity index (χ2v) is 13.2. The van der Waals surface area contributed by atoms with Crippen LogP contribution in [-0.4, -0.2) is 11.8 Å². The number of allylic oxidation sites excluding steroid dienone is 4. The van der Waals surface area contributed by atoms with Crippen LogP contribution in [-0.2, 0) is 14.3 Å². The van der Waals surface area contributed by atoms with E-state index in [0.29, 0.717) is 29.1 Å². The number of carbonyl (C=O) groups excluding carboxylic acids is 2. The van der Waals surface area contributed by atoms with Crippen molar-refractivity contribution in [2.24, 2.45) is 39.4 Å². The maximum Gasteiger partial charge on any atom is 0.339 e. The first-order valence-corrected chi connectivity index (χ1v) is 13.2. The van der Waals surface area contributed by atoms with Crippen LogP contribution in [0.5, 0.6) is 0 Å². The molecule has 0 aromatic rings. The van der Waals surface area contributed by atoms with Crippen LogP contribution in [0.4, 0.5) is 0 Å². The van der Waals surface area contributed by atoms with Gasteiger partial charge in [0.1, 0.15) is 11.5 Å². The average molecular weight is 451 g/mol. The molecule has 6 atom stereocenters. The fraction of sp³-hybridized carbons (Fsp3) is 0.733. The van der Waals surface area contributed by atoms with Crippen molar-refractivity contribution in [2.75, 3.05) is 0 Å². The lowest BCUT2D eigenvalue weighted by Crippen LogP contribution is -2.53. The first kappa shape index (κ1) is 23.1. The highest BCUT2D eigenvalue weighted by atomic mass is 16.5. The van der Waals surface area contributed by atoms with Crippen molar-refractivity contribution in [3.8, 4) is 0 Å². The molecule has 0 N–H and O–H groups in total. The predicted octanol–water partition coefficient (Wildman–Crippen LogP) is 7.33. The van der Waals surface area contributed by atoms with Gasteiger partial charge in [-0.05, 0) is 98.0 Å². The fourth-order valence-electron chi connectivity index (χ4n) is 9.32. The average Bonchev–Trinajstić information content (AvgIpc) is 3.20. The van der Waals surface area contributed by atoms with Gasteiger partial charge >= 0.3 is 5.97 Å². The second kappa shape index (κ2) is 7.18. The van der Waals surface area contributed by atoms with Gasteiger partial charge in [0.05, 0.1) is 0 Å². The normalized spacial score (nSPS) is 44.2. The molecule has 2 fully saturated rings. The summed E-state index contributed by atoms with van der Waals surface area (Å²) in [4.78, 5) is 24.7. The molecular weight excluding hydrogens is 408 g/mol. The Kier molecular flexibility index (Phi) is 5.03. The molecule has 0 aromatic carbocycles. The highest BCUT2D eigenvalue weighted by Gasteiger charge is 2.63. The molecule has 1 heterocycles. The summed E-state index contributed by atoms with van der Waals surface area (Å²) < 4.78 is 5.48. The van der Waals surface area contributed by atoms with E-state index in [1.165, 1.54) is 32.1 Å². The number of rotatable bonds is 2. The first-order chi connectivity index (χ1) is 15.3. The summed E-state index contributed by atoms with van der Waals surface area (Å²) in [6.07, 6.45) is 13.1. The zero-order valence-electron chi connectivity index (χ0n) is 21.8. The minimum atomic E-state index is -0.206. The van der Waals surface area contributed by atoms with Crippen LogP contribution in [0.1, 0.15) is 99.8 Å². The van der Waals surface area contributed by atoms with E-state index in [0.717, 1.165) is 25.0 Å². The van der Waals surface area contributed by atoms with Crippen molar-refractivity contribution in [3.05, 3.63) is 34.6 Å². The van der Waals surface area contributed by atoms with E-state index in [1.807, 2.05) is 13.0 Å². The number of esters is 1. The number of ketones is 1. The lowest BCUT2D eigenvalue weighted by molar-refractivity contribution is -0.139. The topological polar surface area (TPSA) is 43.4 Å². The van der Waals surface area contributed by atoms with Gasteiger partial charge in [0.15, 0.2) is 0 Å². The molecule has 0 spiro atoms. The molecule has 0 bridgehead atoms. The molecule has 0 saturated heterocycles. The largest absolute Gasteiger partial charge is 0.423 e. The molecule has 0 radical (unpaired) electrons.